The van der Waals surface area contributed by atoms with Crippen molar-refractivity contribution in [1.29, 1.82) is 0 Å². The van der Waals surface area contributed by atoms with Gasteiger partial charge in [0.15, 0.2) is 0 Å². The quantitative estimate of drug-likeness (QED) is 0.908. The van der Waals surface area contributed by atoms with Crippen LogP contribution in [0.1, 0.15) is 31.6 Å². The van der Waals surface area contributed by atoms with Gasteiger partial charge in [-0.1, -0.05) is 0 Å². The van der Waals surface area contributed by atoms with Gasteiger partial charge in [-0.25, -0.2) is 0 Å². The molecule has 1 aliphatic heterocycles. The van der Waals surface area contributed by atoms with Crippen LogP contribution in [0.5, 0.6) is 0 Å². The van der Waals surface area contributed by atoms with Crippen molar-refractivity contribution in [2.24, 2.45) is 0 Å². The average Bonchev–Trinajstić information content (AvgIpc) is 2.70. The molecule has 1 aromatic rings. The lowest BCUT2D eigenvalue weighted by atomic mass is 9.88. The summed E-state index contributed by atoms with van der Waals surface area (Å²) in [4.78, 5) is 4.01. The van der Waals surface area contributed by atoms with E-state index in [4.69, 9.17) is 0 Å². The van der Waals surface area contributed by atoms with Gasteiger partial charge in [-0.3, -0.25) is 0 Å². The van der Waals surface area contributed by atoms with Crippen LogP contribution >= 0.6 is 27.3 Å². The highest BCUT2D eigenvalue weighted by Gasteiger charge is 2.29. The maximum Gasteiger partial charge on any atom is 0.0701 e. The number of hydrogen-bond donors (Lipinski definition) is 1. The second-order valence-corrected chi connectivity index (χ2v) is 8.44. The number of rotatable bonds is 4. The summed E-state index contributed by atoms with van der Waals surface area (Å²) in [6, 6.07) is 5.10. The molecule has 18 heavy (non-hydrogen) atoms. The predicted octanol–water partition coefficient (Wildman–Crippen LogP) is 3.52. The third kappa shape index (κ3) is 4.05. The lowest BCUT2D eigenvalue weighted by Crippen LogP contribution is -2.52. The Kier molecular flexibility index (Phi) is 4.86. The van der Waals surface area contributed by atoms with Gasteiger partial charge in [0.2, 0.25) is 0 Å². The maximum absolute atomic E-state index is 3.59. The lowest BCUT2D eigenvalue weighted by molar-refractivity contribution is 0.145. The number of nitrogens with zero attached hydrogens (tertiary/aromatic N) is 1. The van der Waals surface area contributed by atoms with E-state index in [1.54, 1.807) is 0 Å². The molecule has 0 saturated carbocycles. The first kappa shape index (κ1) is 14.5. The van der Waals surface area contributed by atoms with E-state index in [9.17, 15) is 0 Å². The van der Waals surface area contributed by atoms with Gasteiger partial charge in [-0.05, 0) is 74.8 Å². The van der Waals surface area contributed by atoms with E-state index in [0.717, 1.165) is 25.6 Å². The minimum atomic E-state index is 0.295. The normalized spacial score (nSPS) is 23.5. The summed E-state index contributed by atoms with van der Waals surface area (Å²) < 4.78 is 1.24. The van der Waals surface area contributed by atoms with Gasteiger partial charge in [0.05, 0.1) is 3.79 Å². The first-order valence-electron chi connectivity index (χ1n) is 6.66. The molecule has 4 heteroatoms. The summed E-state index contributed by atoms with van der Waals surface area (Å²) in [5.41, 5.74) is 0.295. The summed E-state index contributed by atoms with van der Waals surface area (Å²) in [5, 5.41) is 3.59. The third-order valence-electron chi connectivity index (χ3n) is 3.79. The molecule has 102 valence electrons. The Labute approximate surface area is 123 Å². The van der Waals surface area contributed by atoms with E-state index in [-0.39, 0.29) is 0 Å². The summed E-state index contributed by atoms with van der Waals surface area (Å²) >= 11 is 5.38. The average molecular weight is 331 g/mol. The summed E-state index contributed by atoms with van der Waals surface area (Å²) in [7, 11) is 2.27. The van der Waals surface area contributed by atoms with Gasteiger partial charge in [-0.15, -0.1) is 11.3 Å². The van der Waals surface area contributed by atoms with Crippen molar-refractivity contribution >= 4 is 27.3 Å². The number of likely N-dealkylation sites (N-methyl/N-ethyl adjacent to an activating group) is 1. The SMILES string of the molecule is CN(CCc1ccc(Br)s1)C1CCNC(C)(C)C1. The van der Waals surface area contributed by atoms with E-state index in [1.807, 2.05) is 11.3 Å². The number of hydrogen-bond acceptors (Lipinski definition) is 3. The van der Waals surface area contributed by atoms with Gasteiger partial charge in [0, 0.05) is 23.0 Å². The van der Waals surface area contributed by atoms with Gasteiger partial charge < -0.3 is 10.2 Å². The maximum atomic E-state index is 3.59. The number of nitrogens with one attached hydrogen (secondary N) is 1. The first-order chi connectivity index (χ1) is 8.46. The topological polar surface area (TPSA) is 15.3 Å². The van der Waals surface area contributed by atoms with Gasteiger partial charge in [0.25, 0.3) is 0 Å². The largest absolute Gasteiger partial charge is 0.312 e. The Morgan fingerprint density at radius 1 is 1.50 bits per heavy atom. The van der Waals surface area contributed by atoms with Crippen molar-refractivity contribution in [2.45, 2.75) is 44.7 Å². The molecular formula is C14H23BrN2S. The number of piperidine rings is 1. The Morgan fingerprint density at radius 3 is 2.89 bits per heavy atom. The Balaban J connectivity index is 1.82. The molecule has 2 nitrogen and oxygen atoms in total. The van der Waals surface area contributed by atoms with Crippen molar-refractivity contribution in [1.82, 2.24) is 10.2 Å². The molecule has 1 aromatic heterocycles. The molecule has 0 radical (unpaired) electrons. The van der Waals surface area contributed by atoms with Crippen molar-refractivity contribution < 1.29 is 0 Å². The van der Waals surface area contributed by atoms with Crippen LogP contribution in [-0.4, -0.2) is 36.6 Å². The second-order valence-electron chi connectivity index (χ2n) is 5.89. The molecule has 2 rings (SSSR count). The van der Waals surface area contributed by atoms with Crippen LogP contribution in [0.15, 0.2) is 15.9 Å². The predicted molar refractivity (Wildman–Crippen MR) is 83.5 cm³/mol. The van der Waals surface area contributed by atoms with E-state index in [2.05, 4.69) is 59.2 Å². The zero-order chi connectivity index (χ0) is 13.2. The smallest absolute Gasteiger partial charge is 0.0701 e. The first-order valence-corrected chi connectivity index (χ1v) is 8.27. The molecular weight excluding hydrogens is 308 g/mol. The lowest BCUT2D eigenvalue weighted by Gasteiger charge is -2.40. The van der Waals surface area contributed by atoms with E-state index in [0.29, 0.717) is 5.54 Å². The van der Waals surface area contributed by atoms with Crippen LogP contribution in [0, 0.1) is 0 Å². The third-order valence-corrected chi connectivity index (χ3v) is 5.47. The molecule has 1 unspecified atom stereocenters. The van der Waals surface area contributed by atoms with Gasteiger partial charge in [0.1, 0.15) is 0 Å². The molecule has 0 aliphatic carbocycles. The van der Waals surface area contributed by atoms with Crippen LogP contribution in [0.3, 0.4) is 0 Å². The fraction of sp³-hybridized carbons (Fsp3) is 0.714. The minimum absolute atomic E-state index is 0.295. The van der Waals surface area contributed by atoms with Gasteiger partial charge in [-0.2, -0.15) is 0 Å². The Bertz CT molecular complexity index is 389. The summed E-state index contributed by atoms with van der Waals surface area (Å²) in [6.45, 7) is 6.92. The number of thiophene rings is 1. The number of halogens is 1. The van der Waals surface area contributed by atoms with Crippen molar-refractivity contribution in [3.05, 3.63) is 20.8 Å². The van der Waals surface area contributed by atoms with Crippen LogP contribution in [0.2, 0.25) is 0 Å². The molecule has 1 saturated heterocycles. The van der Waals surface area contributed by atoms with Crippen LogP contribution in [0.4, 0.5) is 0 Å². The Morgan fingerprint density at radius 2 is 2.28 bits per heavy atom. The summed E-state index contributed by atoms with van der Waals surface area (Å²) in [6.07, 6.45) is 3.68. The van der Waals surface area contributed by atoms with E-state index in [1.165, 1.54) is 21.5 Å². The highest BCUT2D eigenvalue weighted by molar-refractivity contribution is 9.11. The minimum Gasteiger partial charge on any atom is -0.312 e. The molecule has 0 aromatic carbocycles. The van der Waals surface area contributed by atoms with Crippen molar-refractivity contribution in [2.75, 3.05) is 20.1 Å². The van der Waals surface area contributed by atoms with E-state index < -0.39 is 0 Å². The molecule has 0 bridgehead atoms. The van der Waals surface area contributed by atoms with Gasteiger partial charge >= 0.3 is 0 Å². The zero-order valence-corrected chi connectivity index (χ0v) is 13.9. The van der Waals surface area contributed by atoms with Crippen LogP contribution in [0.25, 0.3) is 0 Å². The molecule has 2 heterocycles. The fourth-order valence-electron chi connectivity index (χ4n) is 2.67. The molecule has 1 fully saturated rings. The second kappa shape index (κ2) is 6.04. The Hall–Kier alpha value is 0.1000. The zero-order valence-electron chi connectivity index (χ0n) is 11.5. The monoisotopic (exact) mass is 330 g/mol. The molecule has 0 spiro atoms. The van der Waals surface area contributed by atoms with Crippen LogP contribution < -0.4 is 5.32 Å². The standard InChI is InChI=1S/C14H23BrN2S/c1-14(2)10-11(6-8-16-14)17(3)9-7-12-4-5-13(15)18-12/h4-5,11,16H,6-10H2,1-3H3. The van der Waals surface area contributed by atoms with Crippen molar-refractivity contribution in [3.63, 3.8) is 0 Å². The fourth-order valence-corrected chi connectivity index (χ4v) is 4.14. The molecule has 0 amide bonds. The van der Waals surface area contributed by atoms with E-state index >= 15 is 0 Å². The highest BCUT2D eigenvalue weighted by atomic mass is 79.9. The molecule has 1 aliphatic rings. The van der Waals surface area contributed by atoms with Crippen LogP contribution in [-0.2, 0) is 6.42 Å². The summed E-state index contributed by atoms with van der Waals surface area (Å²) in [5.74, 6) is 0. The molecule has 1 atom stereocenters. The molecule has 1 N–H and O–H groups in total. The van der Waals surface area contributed by atoms with Crippen molar-refractivity contribution in [3.8, 4) is 0 Å². The highest BCUT2D eigenvalue weighted by Crippen LogP contribution is 2.24.